The standard InChI is InChI=1S/C30H24N4O5/c1-37-25-12-6-11-24(18-25)34(38-2)30(36)26-27(39-29(33-26)21-8-4-3-5-9-21)20-13-15-23(16-14-20)32-28(35)22-10-7-17-31-19-22/h3-19H,1-2H3,(H,32,35). The van der Waals surface area contributed by atoms with Crippen molar-refractivity contribution in [1.82, 2.24) is 9.97 Å². The Morgan fingerprint density at radius 3 is 2.36 bits per heavy atom. The van der Waals surface area contributed by atoms with Gasteiger partial charge in [-0.1, -0.05) is 24.3 Å². The van der Waals surface area contributed by atoms with Gasteiger partial charge in [0.2, 0.25) is 5.89 Å². The molecule has 3 aromatic carbocycles. The second-order valence-corrected chi connectivity index (χ2v) is 8.32. The predicted octanol–water partition coefficient (Wildman–Crippen LogP) is 5.87. The summed E-state index contributed by atoms with van der Waals surface area (Å²) in [5.41, 5.74) is 2.83. The minimum atomic E-state index is -0.527. The monoisotopic (exact) mass is 520 g/mol. The number of methoxy groups -OCH3 is 1. The molecule has 2 heterocycles. The molecule has 1 N–H and O–H groups in total. The number of benzene rings is 3. The van der Waals surface area contributed by atoms with Gasteiger partial charge in [-0.2, -0.15) is 5.06 Å². The number of rotatable bonds is 8. The van der Waals surface area contributed by atoms with Crippen molar-refractivity contribution in [2.75, 3.05) is 24.6 Å². The molecule has 39 heavy (non-hydrogen) atoms. The molecule has 0 saturated carbocycles. The molecule has 5 rings (SSSR count). The van der Waals surface area contributed by atoms with Crippen molar-refractivity contribution in [3.05, 3.63) is 115 Å². The first-order valence-corrected chi connectivity index (χ1v) is 12.0. The Hall–Kier alpha value is -5.28. The molecule has 0 radical (unpaired) electrons. The van der Waals surface area contributed by atoms with Gasteiger partial charge >= 0.3 is 5.91 Å². The normalized spacial score (nSPS) is 10.6. The van der Waals surface area contributed by atoms with E-state index in [9.17, 15) is 9.59 Å². The van der Waals surface area contributed by atoms with Crippen LogP contribution >= 0.6 is 0 Å². The fourth-order valence-electron chi connectivity index (χ4n) is 3.91. The Balaban J connectivity index is 1.50. The molecule has 2 aromatic heterocycles. The van der Waals surface area contributed by atoms with E-state index < -0.39 is 5.91 Å². The second kappa shape index (κ2) is 11.4. The lowest BCUT2D eigenvalue weighted by Gasteiger charge is -2.19. The van der Waals surface area contributed by atoms with E-state index in [1.54, 1.807) is 74.0 Å². The molecule has 9 nitrogen and oxygen atoms in total. The van der Waals surface area contributed by atoms with Gasteiger partial charge < -0.3 is 14.5 Å². The van der Waals surface area contributed by atoms with Crippen molar-refractivity contribution < 1.29 is 23.6 Å². The summed E-state index contributed by atoms with van der Waals surface area (Å²) >= 11 is 0. The van der Waals surface area contributed by atoms with E-state index in [0.29, 0.717) is 33.8 Å². The molecule has 9 heteroatoms. The van der Waals surface area contributed by atoms with Crippen molar-refractivity contribution in [3.63, 3.8) is 0 Å². The average Bonchev–Trinajstić information content (AvgIpc) is 3.44. The quantitative estimate of drug-likeness (QED) is 0.255. The van der Waals surface area contributed by atoms with E-state index in [1.165, 1.54) is 13.3 Å². The smallest absolute Gasteiger partial charge is 0.304 e. The summed E-state index contributed by atoms with van der Waals surface area (Å²) in [4.78, 5) is 40.3. The molecule has 5 aromatic rings. The van der Waals surface area contributed by atoms with E-state index in [4.69, 9.17) is 14.0 Å². The first kappa shape index (κ1) is 25.4. The lowest BCUT2D eigenvalue weighted by Crippen LogP contribution is -2.30. The lowest BCUT2D eigenvalue weighted by atomic mass is 10.1. The maximum absolute atomic E-state index is 13.8. The van der Waals surface area contributed by atoms with Gasteiger partial charge in [0, 0.05) is 35.3 Å². The highest BCUT2D eigenvalue weighted by Gasteiger charge is 2.28. The Bertz CT molecular complexity index is 1590. The van der Waals surface area contributed by atoms with Crippen LogP contribution in [0.2, 0.25) is 0 Å². The van der Waals surface area contributed by atoms with Crippen molar-refractivity contribution >= 4 is 23.2 Å². The third-order valence-corrected chi connectivity index (χ3v) is 5.83. The summed E-state index contributed by atoms with van der Waals surface area (Å²) in [5, 5.41) is 3.96. The van der Waals surface area contributed by atoms with Crippen molar-refractivity contribution in [3.8, 4) is 28.5 Å². The van der Waals surface area contributed by atoms with Crippen LogP contribution in [0.25, 0.3) is 22.8 Å². The summed E-state index contributed by atoms with van der Waals surface area (Å²) < 4.78 is 11.4. The van der Waals surface area contributed by atoms with Gasteiger partial charge in [-0.25, -0.2) is 4.98 Å². The molecule has 0 spiro atoms. The highest BCUT2D eigenvalue weighted by atomic mass is 16.7. The zero-order valence-corrected chi connectivity index (χ0v) is 21.2. The van der Waals surface area contributed by atoms with Crippen LogP contribution in [0.1, 0.15) is 20.8 Å². The van der Waals surface area contributed by atoms with Gasteiger partial charge in [0.25, 0.3) is 5.91 Å². The molecular formula is C30H24N4O5. The Morgan fingerprint density at radius 2 is 1.67 bits per heavy atom. The minimum absolute atomic E-state index is 0.0608. The van der Waals surface area contributed by atoms with Crippen LogP contribution in [0.4, 0.5) is 11.4 Å². The van der Waals surface area contributed by atoms with Crippen LogP contribution in [0, 0.1) is 0 Å². The summed E-state index contributed by atoms with van der Waals surface area (Å²) in [6, 6.07) is 26.5. The lowest BCUT2D eigenvalue weighted by molar-refractivity contribution is 0.0768. The highest BCUT2D eigenvalue weighted by molar-refractivity contribution is 6.07. The Labute approximate surface area is 224 Å². The third-order valence-electron chi connectivity index (χ3n) is 5.83. The number of amides is 2. The number of ether oxygens (including phenoxy) is 1. The fourth-order valence-corrected chi connectivity index (χ4v) is 3.91. The fraction of sp³-hybridized carbons (Fsp3) is 0.0667. The predicted molar refractivity (Wildman–Crippen MR) is 146 cm³/mol. The van der Waals surface area contributed by atoms with Crippen molar-refractivity contribution in [2.24, 2.45) is 0 Å². The molecule has 0 bridgehead atoms. The van der Waals surface area contributed by atoms with Crippen LogP contribution in [0.15, 0.2) is 108 Å². The van der Waals surface area contributed by atoms with Crippen molar-refractivity contribution in [2.45, 2.75) is 0 Å². The zero-order chi connectivity index (χ0) is 27.2. The van der Waals surface area contributed by atoms with Gasteiger partial charge in [0.15, 0.2) is 11.5 Å². The number of carbonyl (C=O) groups is 2. The maximum Gasteiger partial charge on any atom is 0.304 e. The van der Waals surface area contributed by atoms with Gasteiger partial charge in [-0.3, -0.25) is 19.4 Å². The molecule has 0 aliphatic carbocycles. The van der Waals surface area contributed by atoms with E-state index in [2.05, 4.69) is 15.3 Å². The molecule has 0 fully saturated rings. The number of anilines is 2. The van der Waals surface area contributed by atoms with E-state index in [0.717, 1.165) is 5.06 Å². The van der Waals surface area contributed by atoms with E-state index in [-0.39, 0.29) is 23.3 Å². The number of oxazole rings is 1. The molecule has 0 unspecified atom stereocenters. The molecular weight excluding hydrogens is 496 g/mol. The van der Waals surface area contributed by atoms with Crippen LogP contribution < -0.4 is 15.1 Å². The third kappa shape index (κ3) is 5.53. The first-order chi connectivity index (χ1) is 19.1. The zero-order valence-electron chi connectivity index (χ0n) is 21.2. The number of hydroxylamine groups is 1. The first-order valence-electron chi connectivity index (χ1n) is 12.0. The van der Waals surface area contributed by atoms with E-state index in [1.807, 2.05) is 30.3 Å². The van der Waals surface area contributed by atoms with Gasteiger partial charge in [-0.15, -0.1) is 0 Å². The topological polar surface area (TPSA) is 107 Å². The molecule has 0 saturated heterocycles. The van der Waals surface area contributed by atoms with Crippen LogP contribution in [0.3, 0.4) is 0 Å². The minimum Gasteiger partial charge on any atom is -0.497 e. The van der Waals surface area contributed by atoms with Crippen LogP contribution in [-0.2, 0) is 4.84 Å². The van der Waals surface area contributed by atoms with Crippen LogP contribution in [0.5, 0.6) is 5.75 Å². The largest absolute Gasteiger partial charge is 0.497 e. The van der Waals surface area contributed by atoms with Gasteiger partial charge in [-0.05, 0) is 60.7 Å². The number of pyridine rings is 1. The number of nitrogens with zero attached hydrogens (tertiary/aromatic N) is 3. The number of nitrogens with one attached hydrogen (secondary N) is 1. The summed E-state index contributed by atoms with van der Waals surface area (Å²) in [7, 11) is 2.94. The number of hydrogen-bond donors (Lipinski definition) is 1. The summed E-state index contributed by atoms with van der Waals surface area (Å²) in [5.74, 6) is 0.294. The second-order valence-electron chi connectivity index (χ2n) is 8.32. The summed E-state index contributed by atoms with van der Waals surface area (Å²) in [6.45, 7) is 0. The summed E-state index contributed by atoms with van der Waals surface area (Å²) in [6.07, 6.45) is 3.09. The Morgan fingerprint density at radius 1 is 0.872 bits per heavy atom. The number of hydrogen-bond acceptors (Lipinski definition) is 7. The molecule has 0 aliphatic rings. The average molecular weight is 521 g/mol. The highest BCUT2D eigenvalue weighted by Crippen LogP contribution is 2.33. The van der Waals surface area contributed by atoms with E-state index >= 15 is 0 Å². The number of carbonyl (C=O) groups excluding carboxylic acids is 2. The number of aromatic nitrogens is 2. The van der Waals surface area contributed by atoms with Gasteiger partial charge in [0.1, 0.15) is 5.75 Å². The molecule has 2 amide bonds. The Kier molecular flexibility index (Phi) is 7.42. The SMILES string of the molecule is COc1cccc(N(OC)C(=O)c2nc(-c3ccccc3)oc2-c2ccc(NC(=O)c3cccnc3)cc2)c1. The molecule has 0 aliphatic heterocycles. The van der Waals surface area contributed by atoms with Crippen molar-refractivity contribution in [1.29, 1.82) is 0 Å². The van der Waals surface area contributed by atoms with Crippen LogP contribution in [-0.4, -0.2) is 36.0 Å². The molecule has 194 valence electrons. The van der Waals surface area contributed by atoms with Gasteiger partial charge in [0.05, 0.1) is 25.5 Å². The molecule has 0 atom stereocenters. The maximum atomic E-state index is 13.8.